The van der Waals surface area contributed by atoms with Crippen molar-refractivity contribution in [2.75, 3.05) is 31.1 Å². The van der Waals surface area contributed by atoms with E-state index in [-0.39, 0.29) is 0 Å². The molecule has 3 nitrogen and oxygen atoms in total. The second-order valence-electron chi connectivity index (χ2n) is 5.75. The number of nitrogens with two attached hydrogens (primary N) is 2. The van der Waals surface area contributed by atoms with Crippen molar-refractivity contribution >= 4 is 11.4 Å². The summed E-state index contributed by atoms with van der Waals surface area (Å²) in [5, 5.41) is 0. The molecule has 2 rings (SSSR count). The first-order valence-corrected chi connectivity index (χ1v) is 8.09. The minimum absolute atomic E-state index is 0.684. The molecule has 22 heavy (non-hydrogen) atoms. The second-order valence-corrected chi connectivity index (χ2v) is 5.75. The van der Waals surface area contributed by atoms with Gasteiger partial charge in [-0.1, -0.05) is 49.4 Å². The number of benzene rings is 2. The van der Waals surface area contributed by atoms with Crippen LogP contribution in [0.5, 0.6) is 0 Å². The summed E-state index contributed by atoms with van der Waals surface area (Å²) in [6.07, 6.45) is 3.21. The zero-order valence-electron chi connectivity index (χ0n) is 13.5. The lowest BCUT2D eigenvalue weighted by Gasteiger charge is -2.22. The summed E-state index contributed by atoms with van der Waals surface area (Å²) in [5.41, 5.74) is 15.9. The van der Waals surface area contributed by atoms with Gasteiger partial charge in [0, 0.05) is 13.1 Å². The van der Waals surface area contributed by atoms with Crippen LogP contribution in [0.4, 0.5) is 11.4 Å². The van der Waals surface area contributed by atoms with Crippen LogP contribution in [0.1, 0.15) is 24.5 Å². The predicted octanol–water partition coefficient (Wildman–Crippen LogP) is 3.35. The van der Waals surface area contributed by atoms with Crippen LogP contribution in [0.15, 0.2) is 48.5 Å². The van der Waals surface area contributed by atoms with Gasteiger partial charge in [0.1, 0.15) is 0 Å². The highest BCUT2D eigenvalue weighted by Gasteiger charge is 2.07. The molecule has 0 amide bonds. The van der Waals surface area contributed by atoms with Gasteiger partial charge in [-0.15, -0.1) is 0 Å². The van der Waals surface area contributed by atoms with Crippen LogP contribution in [0.2, 0.25) is 0 Å². The summed E-state index contributed by atoms with van der Waals surface area (Å²) < 4.78 is 0. The Hall–Kier alpha value is -2.00. The highest BCUT2D eigenvalue weighted by Crippen LogP contribution is 2.20. The average molecular weight is 297 g/mol. The van der Waals surface area contributed by atoms with Crippen LogP contribution in [0.3, 0.4) is 0 Å². The van der Waals surface area contributed by atoms with E-state index < -0.39 is 0 Å². The molecular formula is C19H27N3. The Bertz CT molecular complexity index is 566. The topological polar surface area (TPSA) is 55.3 Å². The van der Waals surface area contributed by atoms with Gasteiger partial charge in [-0.05, 0) is 43.0 Å². The Morgan fingerprint density at radius 2 is 1.55 bits per heavy atom. The third-order valence-corrected chi connectivity index (χ3v) is 4.03. The molecule has 0 aliphatic rings. The van der Waals surface area contributed by atoms with Crippen molar-refractivity contribution < 1.29 is 0 Å². The highest BCUT2D eigenvalue weighted by molar-refractivity contribution is 5.67. The Morgan fingerprint density at radius 3 is 2.27 bits per heavy atom. The Kier molecular flexibility index (Phi) is 6.28. The molecule has 0 aromatic heterocycles. The van der Waals surface area contributed by atoms with Crippen LogP contribution in [0, 0.1) is 0 Å². The van der Waals surface area contributed by atoms with Gasteiger partial charge in [-0.25, -0.2) is 0 Å². The first-order valence-electron chi connectivity index (χ1n) is 8.09. The van der Waals surface area contributed by atoms with Crippen molar-refractivity contribution in [3.8, 4) is 0 Å². The molecule has 0 aliphatic carbocycles. The summed E-state index contributed by atoms with van der Waals surface area (Å²) in [4.78, 5) is 2.51. The minimum Gasteiger partial charge on any atom is -0.397 e. The number of para-hydroxylation sites is 1. The van der Waals surface area contributed by atoms with Crippen molar-refractivity contribution in [3.05, 3.63) is 59.7 Å². The number of hydrogen-bond donors (Lipinski definition) is 2. The standard InChI is InChI=1S/C19H27N3/c1-2-13-22(14-11-16-7-4-3-5-8-16)15-12-17-9-6-10-18(20)19(17)21/h3-10H,2,11-15,20-21H2,1H3. The van der Waals surface area contributed by atoms with E-state index in [4.69, 9.17) is 11.5 Å². The molecule has 0 fully saturated rings. The van der Waals surface area contributed by atoms with E-state index in [0.717, 1.165) is 43.7 Å². The lowest BCUT2D eigenvalue weighted by atomic mass is 10.1. The lowest BCUT2D eigenvalue weighted by Crippen LogP contribution is -2.29. The van der Waals surface area contributed by atoms with Gasteiger partial charge in [-0.3, -0.25) is 0 Å². The fourth-order valence-electron chi connectivity index (χ4n) is 2.71. The Morgan fingerprint density at radius 1 is 0.818 bits per heavy atom. The van der Waals surface area contributed by atoms with Crippen LogP contribution in [-0.2, 0) is 12.8 Å². The molecule has 2 aromatic rings. The number of nitrogen functional groups attached to an aromatic ring is 2. The van der Waals surface area contributed by atoms with Crippen LogP contribution in [-0.4, -0.2) is 24.5 Å². The fourth-order valence-corrected chi connectivity index (χ4v) is 2.71. The van der Waals surface area contributed by atoms with Crippen molar-refractivity contribution in [1.29, 1.82) is 0 Å². The van der Waals surface area contributed by atoms with Crippen molar-refractivity contribution in [2.24, 2.45) is 0 Å². The smallest absolute Gasteiger partial charge is 0.0580 e. The summed E-state index contributed by atoms with van der Waals surface area (Å²) in [6.45, 7) is 5.45. The van der Waals surface area contributed by atoms with E-state index in [9.17, 15) is 0 Å². The van der Waals surface area contributed by atoms with Crippen LogP contribution in [0.25, 0.3) is 0 Å². The molecule has 0 unspecified atom stereocenters. The van der Waals surface area contributed by atoms with Crippen molar-refractivity contribution in [2.45, 2.75) is 26.2 Å². The molecule has 0 saturated carbocycles. The van der Waals surface area contributed by atoms with Gasteiger partial charge < -0.3 is 16.4 Å². The van der Waals surface area contributed by atoms with Crippen molar-refractivity contribution in [1.82, 2.24) is 4.90 Å². The molecule has 4 N–H and O–H groups in total. The van der Waals surface area contributed by atoms with E-state index in [0.29, 0.717) is 5.69 Å². The van der Waals surface area contributed by atoms with Gasteiger partial charge in [0.15, 0.2) is 0 Å². The fraction of sp³-hybridized carbons (Fsp3) is 0.368. The van der Waals surface area contributed by atoms with Gasteiger partial charge in [0.2, 0.25) is 0 Å². The number of nitrogens with zero attached hydrogens (tertiary/aromatic N) is 1. The molecule has 0 spiro atoms. The number of anilines is 2. The van der Waals surface area contributed by atoms with Gasteiger partial charge >= 0.3 is 0 Å². The summed E-state index contributed by atoms with van der Waals surface area (Å²) >= 11 is 0. The molecule has 0 bridgehead atoms. The van der Waals surface area contributed by atoms with Crippen LogP contribution >= 0.6 is 0 Å². The largest absolute Gasteiger partial charge is 0.397 e. The molecule has 0 saturated heterocycles. The van der Waals surface area contributed by atoms with Gasteiger partial charge in [0.05, 0.1) is 11.4 Å². The zero-order valence-corrected chi connectivity index (χ0v) is 13.5. The molecule has 0 heterocycles. The van der Waals surface area contributed by atoms with E-state index in [1.54, 1.807) is 0 Å². The Labute approximate surface area is 133 Å². The predicted molar refractivity (Wildman–Crippen MR) is 95.8 cm³/mol. The average Bonchev–Trinajstić information content (AvgIpc) is 2.54. The summed E-state index contributed by atoms with van der Waals surface area (Å²) in [5.74, 6) is 0. The van der Waals surface area contributed by atoms with E-state index in [1.165, 1.54) is 12.0 Å². The maximum atomic E-state index is 6.06. The molecular weight excluding hydrogens is 270 g/mol. The molecule has 118 valence electrons. The zero-order chi connectivity index (χ0) is 15.8. The number of rotatable bonds is 8. The maximum absolute atomic E-state index is 6.06. The summed E-state index contributed by atoms with van der Waals surface area (Å²) in [7, 11) is 0. The van der Waals surface area contributed by atoms with E-state index >= 15 is 0 Å². The van der Waals surface area contributed by atoms with E-state index in [2.05, 4.69) is 48.2 Å². The maximum Gasteiger partial charge on any atom is 0.0580 e. The van der Waals surface area contributed by atoms with Crippen molar-refractivity contribution in [3.63, 3.8) is 0 Å². The Balaban J connectivity index is 1.90. The first kappa shape index (κ1) is 16.4. The molecule has 2 aromatic carbocycles. The SMILES string of the molecule is CCCN(CCc1ccccc1)CCc1cccc(N)c1N. The quantitative estimate of drug-likeness (QED) is 0.735. The normalized spacial score (nSPS) is 11.0. The minimum atomic E-state index is 0.684. The molecule has 0 aliphatic heterocycles. The lowest BCUT2D eigenvalue weighted by molar-refractivity contribution is 0.281. The summed E-state index contributed by atoms with van der Waals surface area (Å²) in [6, 6.07) is 16.6. The molecule has 0 radical (unpaired) electrons. The first-order chi connectivity index (χ1) is 10.7. The van der Waals surface area contributed by atoms with Crippen LogP contribution < -0.4 is 11.5 Å². The monoisotopic (exact) mass is 297 g/mol. The third kappa shape index (κ3) is 4.78. The highest BCUT2D eigenvalue weighted by atomic mass is 15.1. The van der Waals surface area contributed by atoms with Gasteiger partial charge in [-0.2, -0.15) is 0 Å². The molecule has 3 heteroatoms. The van der Waals surface area contributed by atoms with Gasteiger partial charge in [0.25, 0.3) is 0 Å². The third-order valence-electron chi connectivity index (χ3n) is 4.03. The second kappa shape index (κ2) is 8.44. The van der Waals surface area contributed by atoms with E-state index in [1.807, 2.05) is 12.1 Å². The number of hydrogen-bond acceptors (Lipinski definition) is 3. The molecule has 0 atom stereocenters.